The van der Waals surface area contributed by atoms with Gasteiger partial charge in [-0.25, -0.2) is 13.1 Å². The number of aromatic nitrogens is 1. The van der Waals surface area contributed by atoms with E-state index in [2.05, 4.69) is 4.72 Å². The molecule has 0 radical (unpaired) electrons. The van der Waals surface area contributed by atoms with E-state index in [9.17, 15) is 13.2 Å². The molecule has 0 bridgehead atoms. The molecule has 1 aromatic rings. The monoisotopic (exact) mass is 285 g/mol. The summed E-state index contributed by atoms with van der Waals surface area (Å²) in [6, 6.07) is 1.43. The van der Waals surface area contributed by atoms with Crippen molar-refractivity contribution in [2.45, 2.75) is 24.2 Å². The Kier molecular flexibility index (Phi) is 3.96. The predicted molar refractivity (Wildman–Crippen MR) is 71.4 cm³/mol. The zero-order valence-electron chi connectivity index (χ0n) is 11.2. The molecule has 1 fully saturated rings. The molecule has 2 heterocycles. The molecule has 0 aliphatic carbocycles. The van der Waals surface area contributed by atoms with Crippen molar-refractivity contribution in [1.29, 1.82) is 0 Å². The highest BCUT2D eigenvalue weighted by Crippen LogP contribution is 2.17. The van der Waals surface area contributed by atoms with Crippen LogP contribution in [0.25, 0.3) is 0 Å². The average Bonchev–Trinajstić information content (AvgIpc) is 2.82. The van der Waals surface area contributed by atoms with Gasteiger partial charge in [0.05, 0.1) is 0 Å². The second-order valence-corrected chi connectivity index (χ2v) is 6.62. The molecule has 1 aliphatic heterocycles. The van der Waals surface area contributed by atoms with Crippen molar-refractivity contribution in [1.82, 2.24) is 14.2 Å². The van der Waals surface area contributed by atoms with E-state index in [1.54, 1.807) is 16.5 Å². The molecule has 106 valence electrons. The largest absolute Gasteiger partial charge is 0.345 e. The standard InChI is InChI=1S/C12H19N3O3S/c1-13-19(17,18)10-8-11(14(2)9-10)12(16)15-6-4-3-5-7-15/h8-9,13H,3-7H2,1-2H3. The highest BCUT2D eigenvalue weighted by molar-refractivity contribution is 7.89. The van der Waals surface area contributed by atoms with Gasteiger partial charge in [-0.3, -0.25) is 4.79 Å². The summed E-state index contributed by atoms with van der Waals surface area (Å²) in [5, 5.41) is 0. The summed E-state index contributed by atoms with van der Waals surface area (Å²) in [7, 11) is -0.464. The lowest BCUT2D eigenvalue weighted by Gasteiger charge is -2.26. The first-order valence-corrected chi connectivity index (χ1v) is 7.83. The van der Waals surface area contributed by atoms with Crippen LogP contribution in [0.2, 0.25) is 0 Å². The van der Waals surface area contributed by atoms with Crippen LogP contribution in [0.5, 0.6) is 0 Å². The van der Waals surface area contributed by atoms with Crippen LogP contribution in [0, 0.1) is 0 Å². The molecule has 0 atom stereocenters. The van der Waals surface area contributed by atoms with Crippen molar-refractivity contribution in [3.63, 3.8) is 0 Å². The lowest BCUT2D eigenvalue weighted by atomic mass is 10.1. The van der Waals surface area contributed by atoms with Gasteiger partial charge in [-0.2, -0.15) is 0 Å². The second-order valence-electron chi connectivity index (χ2n) is 4.73. The topological polar surface area (TPSA) is 71.4 Å². The van der Waals surface area contributed by atoms with Crippen LogP contribution in [0.4, 0.5) is 0 Å². The van der Waals surface area contributed by atoms with Crippen LogP contribution in [0.3, 0.4) is 0 Å². The maximum Gasteiger partial charge on any atom is 0.270 e. The Morgan fingerprint density at radius 2 is 1.89 bits per heavy atom. The lowest BCUT2D eigenvalue weighted by Crippen LogP contribution is -2.36. The number of rotatable bonds is 3. The smallest absolute Gasteiger partial charge is 0.270 e. The van der Waals surface area contributed by atoms with E-state index in [4.69, 9.17) is 0 Å². The van der Waals surface area contributed by atoms with Crippen molar-refractivity contribution in [2.24, 2.45) is 7.05 Å². The Bertz CT molecular complexity index is 571. The Labute approximate surface area is 113 Å². The lowest BCUT2D eigenvalue weighted by molar-refractivity contribution is 0.0714. The molecule has 0 unspecified atom stereocenters. The molecule has 0 saturated carbocycles. The fourth-order valence-electron chi connectivity index (χ4n) is 2.27. The van der Waals surface area contributed by atoms with E-state index in [1.807, 2.05) is 0 Å². The number of likely N-dealkylation sites (tertiary alicyclic amines) is 1. The number of amides is 1. The van der Waals surface area contributed by atoms with Crippen molar-refractivity contribution in [3.8, 4) is 0 Å². The minimum Gasteiger partial charge on any atom is -0.345 e. The third-order valence-electron chi connectivity index (χ3n) is 3.42. The van der Waals surface area contributed by atoms with E-state index in [1.165, 1.54) is 19.3 Å². The van der Waals surface area contributed by atoms with Gasteiger partial charge in [0.15, 0.2) is 0 Å². The fraction of sp³-hybridized carbons (Fsp3) is 0.583. The highest BCUT2D eigenvalue weighted by atomic mass is 32.2. The molecular formula is C12H19N3O3S. The maximum atomic E-state index is 12.3. The van der Waals surface area contributed by atoms with Gasteiger partial charge >= 0.3 is 0 Å². The van der Waals surface area contributed by atoms with Crippen molar-refractivity contribution < 1.29 is 13.2 Å². The van der Waals surface area contributed by atoms with E-state index < -0.39 is 10.0 Å². The minimum atomic E-state index is -3.51. The first-order valence-electron chi connectivity index (χ1n) is 6.35. The number of piperidine rings is 1. The number of nitrogens with zero attached hydrogens (tertiary/aromatic N) is 2. The fourth-order valence-corrected chi connectivity index (χ4v) is 3.07. The molecule has 1 N–H and O–H groups in total. The molecular weight excluding hydrogens is 266 g/mol. The third-order valence-corrected chi connectivity index (χ3v) is 4.80. The minimum absolute atomic E-state index is 0.0975. The van der Waals surface area contributed by atoms with Gasteiger partial charge in [-0.15, -0.1) is 0 Å². The van der Waals surface area contributed by atoms with Crippen LogP contribution in [-0.4, -0.2) is 43.9 Å². The van der Waals surface area contributed by atoms with Gasteiger partial charge in [0, 0.05) is 26.3 Å². The van der Waals surface area contributed by atoms with E-state index >= 15 is 0 Å². The van der Waals surface area contributed by atoms with Crippen LogP contribution < -0.4 is 4.72 Å². The Morgan fingerprint density at radius 3 is 2.47 bits per heavy atom. The first kappa shape index (κ1) is 14.1. The predicted octanol–water partition coefficient (Wildman–Crippen LogP) is 0.559. The zero-order chi connectivity index (χ0) is 14.0. The summed E-state index contributed by atoms with van der Waals surface area (Å²) in [5.41, 5.74) is 0.413. The number of carbonyl (C=O) groups is 1. The van der Waals surface area contributed by atoms with Gasteiger partial charge in [0.25, 0.3) is 5.91 Å². The number of nitrogens with one attached hydrogen (secondary N) is 1. The number of aryl methyl sites for hydroxylation is 1. The number of hydrogen-bond donors (Lipinski definition) is 1. The second kappa shape index (κ2) is 5.34. The summed E-state index contributed by atoms with van der Waals surface area (Å²) < 4.78 is 27.3. The summed E-state index contributed by atoms with van der Waals surface area (Å²) in [5.74, 6) is -0.0975. The van der Waals surface area contributed by atoms with Gasteiger partial charge in [-0.05, 0) is 32.4 Å². The van der Waals surface area contributed by atoms with Crippen LogP contribution >= 0.6 is 0 Å². The molecule has 6 nitrogen and oxygen atoms in total. The van der Waals surface area contributed by atoms with E-state index in [0.29, 0.717) is 5.69 Å². The van der Waals surface area contributed by atoms with Crippen LogP contribution in [-0.2, 0) is 17.1 Å². The summed E-state index contributed by atoms with van der Waals surface area (Å²) >= 11 is 0. The molecule has 19 heavy (non-hydrogen) atoms. The molecule has 0 spiro atoms. The van der Waals surface area contributed by atoms with Crippen molar-refractivity contribution in [3.05, 3.63) is 18.0 Å². The van der Waals surface area contributed by atoms with Crippen molar-refractivity contribution >= 4 is 15.9 Å². The molecule has 7 heteroatoms. The SMILES string of the molecule is CNS(=O)(=O)c1cc(C(=O)N2CCCCC2)n(C)c1. The third kappa shape index (κ3) is 2.82. The number of hydrogen-bond acceptors (Lipinski definition) is 3. The quantitative estimate of drug-likeness (QED) is 0.882. The Morgan fingerprint density at radius 1 is 1.26 bits per heavy atom. The summed E-state index contributed by atoms with van der Waals surface area (Å²) in [4.78, 5) is 14.2. The normalized spacial score (nSPS) is 16.6. The number of sulfonamides is 1. The van der Waals surface area contributed by atoms with Crippen molar-refractivity contribution in [2.75, 3.05) is 20.1 Å². The maximum absolute atomic E-state index is 12.3. The number of carbonyl (C=O) groups excluding carboxylic acids is 1. The summed E-state index contributed by atoms with van der Waals surface area (Å²) in [6.07, 6.45) is 4.63. The van der Waals surface area contributed by atoms with E-state index in [-0.39, 0.29) is 10.8 Å². The summed E-state index contributed by atoms with van der Waals surface area (Å²) in [6.45, 7) is 1.50. The molecule has 2 rings (SSSR count). The average molecular weight is 285 g/mol. The zero-order valence-corrected chi connectivity index (χ0v) is 12.0. The highest BCUT2D eigenvalue weighted by Gasteiger charge is 2.23. The Balaban J connectivity index is 2.28. The van der Waals surface area contributed by atoms with Gasteiger partial charge in [-0.1, -0.05) is 0 Å². The van der Waals surface area contributed by atoms with Gasteiger partial charge < -0.3 is 9.47 Å². The van der Waals surface area contributed by atoms with Crippen LogP contribution in [0.15, 0.2) is 17.2 Å². The molecule has 1 aromatic heterocycles. The molecule has 1 aliphatic rings. The van der Waals surface area contributed by atoms with E-state index in [0.717, 1.165) is 32.4 Å². The van der Waals surface area contributed by atoms with Gasteiger partial charge in [0.1, 0.15) is 10.6 Å². The first-order chi connectivity index (χ1) is 8.95. The Hall–Kier alpha value is -1.34. The molecule has 1 saturated heterocycles. The molecule has 0 aromatic carbocycles. The van der Waals surface area contributed by atoms with Crippen LogP contribution in [0.1, 0.15) is 29.8 Å². The van der Waals surface area contributed by atoms with Gasteiger partial charge in [0.2, 0.25) is 10.0 Å². The molecule has 1 amide bonds.